The van der Waals surface area contributed by atoms with Gasteiger partial charge in [-0.1, -0.05) is 82.0 Å². The highest BCUT2D eigenvalue weighted by Gasteiger charge is 2.19. The van der Waals surface area contributed by atoms with Gasteiger partial charge in [-0.15, -0.1) is 0 Å². The average molecular weight is 938 g/mol. The summed E-state index contributed by atoms with van der Waals surface area (Å²) in [4.78, 5) is 40.4. The minimum atomic E-state index is -0.990. The molecule has 9 rings (SSSR count). The molecule has 0 atom stereocenters. The summed E-state index contributed by atoms with van der Waals surface area (Å²) in [5, 5.41) is 31.1. The number of aromatic nitrogens is 6. The number of pyridine rings is 2. The van der Waals surface area contributed by atoms with Gasteiger partial charge in [-0.2, -0.15) is 9.97 Å². The third-order valence-electron chi connectivity index (χ3n) is 10.3. The maximum absolute atomic E-state index is 11.4. The first kappa shape index (κ1) is 45.9. The van der Waals surface area contributed by atoms with Crippen LogP contribution in [-0.2, 0) is 11.2 Å². The molecule has 0 radical (unpaired) electrons. The van der Waals surface area contributed by atoms with Crippen molar-refractivity contribution in [3.8, 4) is 68.4 Å². The standard InChI is InChI=1S/C27H20ClN3O4.C24H22ClN3O4/c1-15(2)34-23-10-9-17(14-22(23)28)26-30-25(31-35-26)21-8-4-7-20-19(21)11-12-29-24(20)16-5-3-6-18(13-16)27(32)33;1-14(2)31-21-10-9-15(13-19(21)25)24-27-23(28-32-24)18-6-3-5-17-16(18)11-12-26-20(17)7-4-8-22(29)30/h3-15H,1-2H3,(H,32,33);3,5-6,9-14H,4,7-8H2,1-2H3,(H,29,30). The molecule has 14 nitrogen and oxygen atoms in total. The predicted octanol–water partition coefficient (Wildman–Crippen LogP) is 12.6. The lowest BCUT2D eigenvalue weighted by Crippen LogP contribution is -2.05. The van der Waals surface area contributed by atoms with Crippen molar-refractivity contribution in [1.29, 1.82) is 0 Å². The number of aliphatic carboxylic acids is 1. The summed E-state index contributed by atoms with van der Waals surface area (Å²) in [5.41, 5.74) is 5.37. The van der Waals surface area contributed by atoms with E-state index in [1.54, 1.807) is 54.9 Å². The molecule has 4 heterocycles. The molecule has 0 aliphatic carbocycles. The highest BCUT2D eigenvalue weighted by atomic mass is 35.5. The fourth-order valence-electron chi connectivity index (χ4n) is 7.37. The zero-order valence-corrected chi connectivity index (χ0v) is 38.1. The monoisotopic (exact) mass is 936 g/mol. The van der Waals surface area contributed by atoms with Crippen LogP contribution in [0.2, 0.25) is 10.0 Å². The molecule has 2 N–H and O–H groups in total. The summed E-state index contributed by atoms with van der Waals surface area (Å²) in [6.07, 6.45) is 4.63. The first-order chi connectivity index (χ1) is 32.3. The van der Waals surface area contributed by atoms with Crippen molar-refractivity contribution in [1.82, 2.24) is 30.2 Å². The number of carbonyl (C=O) groups is 2. The Bertz CT molecular complexity index is 3260. The van der Waals surface area contributed by atoms with E-state index in [2.05, 4.69) is 30.2 Å². The molecule has 0 fully saturated rings. The molecule has 4 aromatic heterocycles. The smallest absolute Gasteiger partial charge is 0.335 e. The van der Waals surface area contributed by atoms with E-state index in [9.17, 15) is 14.7 Å². The van der Waals surface area contributed by atoms with Gasteiger partial charge in [0.15, 0.2) is 0 Å². The number of rotatable bonds is 14. The van der Waals surface area contributed by atoms with Crippen molar-refractivity contribution in [2.75, 3.05) is 0 Å². The summed E-state index contributed by atoms with van der Waals surface area (Å²) in [5.74, 6) is 0.940. The largest absolute Gasteiger partial charge is 0.489 e. The second-order valence-electron chi connectivity index (χ2n) is 15.8. The van der Waals surface area contributed by atoms with E-state index in [1.165, 1.54) is 0 Å². The number of nitrogens with zero attached hydrogens (tertiary/aromatic N) is 6. The van der Waals surface area contributed by atoms with Crippen molar-refractivity contribution in [2.24, 2.45) is 0 Å². The van der Waals surface area contributed by atoms with Gasteiger partial charge in [-0.3, -0.25) is 14.8 Å². The van der Waals surface area contributed by atoms with Gasteiger partial charge in [0.05, 0.1) is 33.5 Å². The van der Waals surface area contributed by atoms with Crippen molar-refractivity contribution >= 4 is 56.7 Å². The summed E-state index contributed by atoms with van der Waals surface area (Å²) in [6, 6.07) is 32.7. The number of fused-ring (bicyclic) bond motifs is 2. The molecule has 16 heteroatoms. The average Bonchev–Trinajstić information content (AvgIpc) is 4.01. The Kier molecular flexibility index (Phi) is 13.9. The first-order valence-corrected chi connectivity index (χ1v) is 22.0. The number of hydrogen-bond donors (Lipinski definition) is 2. The van der Waals surface area contributed by atoms with Gasteiger partial charge in [-0.25, -0.2) is 4.79 Å². The molecule has 0 saturated heterocycles. The molecular weight excluding hydrogens is 896 g/mol. The molecule has 0 aliphatic rings. The van der Waals surface area contributed by atoms with E-state index in [4.69, 9.17) is 46.8 Å². The highest BCUT2D eigenvalue weighted by molar-refractivity contribution is 6.32. The zero-order chi connectivity index (χ0) is 47.2. The van der Waals surface area contributed by atoms with Crippen LogP contribution in [-0.4, -0.2) is 64.6 Å². The summed E-state index contributed by atoms with van der Waals surface area (Å²) in [6.45, 7) is 7.74. The zero-order valence-electron chi connectivity index (χ0n) is 36.6. The minimum Gasteiger partial charge on any atom is -0.489 e. The number of carboxylic acids is 2. The second-order valence-corrected chi connectivity index (χ2v) is 16.6. The van der Waals surface area contributed by atoms with Gasteiger partial charge in [0, 0.05) is 63.1 Å². The van der Waals surface area contributed by atoms with Crippen LogP contribution in [0.15, 0.2) is 131 Å². The molecule has 0 aliphatic heterocycles. The van der Waals surface area contributed by atoms with E-state index >= 15 is 0 Å². The van der Waals surface area contributed by atoms with Crippen LogP contribution in [0.4, 0.5) is 0 Å². The van der Waals surface area contributed by atoms with E-state index in [0.29, 0.717) is 80.2 Å². The van der Waals surface area contributed by atoms with Crippen LogP contribution in [0, 0.1) is 0 Å². The van der Waals surface area contributed by atoms with Crippen LogP contribution in [0.25, 0.3) is 78.5 Å². The van der Waals surface area contributed by atoms with Crippen LogP contribution in [0.3, 0.4) is 0 Å². The van der Waals surface area contributed by atoms with Crippen molar-refractivity contribution in [2.45, 2.75) is 59.2 Å². The maximum atomic E-state index is 11.4. The van der Waals surface area contributed by atoms with E-state index in [-0.39, 0.29) is 24.2 Å². The number of aromatic carboxylic acids is 1. The molecule has 338 valence electrons. The Morgan fingerprint density at radius 2 is 1.15 bits per heavy atom. The normalized spacial score (nSPS) is 11.2. The van der Waals surface area contributed by atoms with E-state index in [0.717, 1.165) is 38.4 Å². The predicted molar refractivity (Wildman–Crippen MR) is 255 cm³/mol. The molecule has 0 saturated carbocycles. The van der Waals surface area contributed by atoms with E-state index in [1.807, 2.05) is 94.4 Å². The Balaban J connectivity index is 0.000000182. The SMILES string of the molecule is CC(C)Oc1ccc(-c2nc(-c3cccc4c(-c5cccc(C(=O)O)c5)nccc34)no2)cc1Cl.CC(C)Oc1ccc(-c2nc(-c3cccc4c(CCCC(=O)O)nccc34)no2)cc1Cl. The lowest BCUT2D eigenvalue weighted by Gasteiger charge is -2.11. The summed E-state index contributed by atoms with van der Waals surface area (Å²) >= 11 is 12.7. The molecule has 67 heavy (non-hydrogen) atoms. The van der Waals surface area contributed by atoms with Crippen LogP contribution in [0.1, 0.15) is 56.6 Å². The van der Waals surface area contributed by atoms with Gasteiger partial charge in [0.25, 0.3) is 11.8 Å². The van der Waals surface area contributed by atoms with Gasteiger partial charge in [0.1, 0.15) is 11.5 Å². The first-order valence-electron chi connectivity index (χ1n) is 21.2. The van der Waals surface area contributed by atoms with Crippen LogP contribution >= 0.6 is 23.2 Å². The summed E-state index contributed by atoms with van der Waals surface area (Å²) < 4.78 is 22.4. The third-order valence-corrected chi connectivity index (χ3v) is 10.9. The van der Waals surface area contributed by atoms with E-state index < -0.39 is 11.9 Å². The Labute approximate surface area is 394 Å². The fourth-order valence-corrected chi connectivity index (χ4v) is 7.82. The number of halogens is 2. The second kappa shape index (κ2) is 20.2. The molecule has 0 spiro atoms. The molecule has 9 aromatic rings. The fraction of sp³-hybridized carbons (Fsp3) is 0.176. The maximum Gasteiger partial charge on any atom is 0.335 e. The Morgan fingerprint density at radius 1 is 0.612 bits per heavy atom. The molecule has 0 amide bonds. The van der Waals surface area contributed by atoms with Gasteiger partial charge in [-0.05, 0) is 112 Å². The lowest BCUT2D eigenvalue weighted by molar-refractivity contribution is -0.137. The van der Waals surface area contributed by atoms with Crippen molar-refractivity contribution in [3.05, 3.63) is 143 Å². The van der Waals surface area contributed by atoms with Crippen LogP contribution < -0.4 is 9.47 Å². The molecule has 5 aromatic carbocycles. The van der Waals surface area contributed by atoms with Crippen molar-refractivity contribution in [3.63, 3.8) is 0 Å². The van der Waals surface area contributed by atoms with Crippen LogP contribution in [0.5, 0.6) is 11.5 Å². The van der Waals surface area contributed by atoms with Gasteiger partial charge >= 0.3 is 11.9 Å². The molecule has 0 unspecified atom stereocenters. The summed E-state index contributed by atoms with van der Waals surface area (Å²) in [7, 11) is 0. The topological polar surface area (TPSA) is 197 Å². The number of aryl methyl sites for hydroxylation is 1. The Morgan fingerprint density at radius 3 is 1.69 bits per heavy atom. The number of ether oxygens (including phenoxy) is 2. The Hall–Kier alpha value is -7.68. The molecular formula is C51H42Cl2N6O8. The lowest BCUT2D eigenvalue weighted by atomic mass is 9.99. The minimum absolute atomic E-state index is 0.00528. The number of benzene rings is 5. The highest BCUT2D eigenvalue weighted by Crippen LogP contribution is 2.36. The molecule has 0 bridgehead atoms. The quantitative estimate of drug-likeness (QED) is 0.104. The third kappa shape index (κ3) is 10.6. The van der Waals surface area contributed by atoms with Crippen molar-refractivity contribution < 1.29 is 38.3 Å². The number of carboxylic acid groups (broad SMARTS) is 2. The van der Waals surface area contributed by atoms with Gasteiger partial charge < -0.3 is 28.7 Å². The number of hydrogen-bond acceptors (Lipinski definition) is 12. The van der Waals surface area contributed by atoms with Gasteiger partial charge in [0.2, 0.25) is 11.6 Å².